The predicted molar refractivity (Wildman–Crippen MR) is 85.3 cm³/mol. The molecule has 2 aliphatic carbocycles. The van der Waals surface area contributed by atoms with E-state index in [1.807, 2.05) is 6.92 Å². The highest BCUT2D eigenvalue weighted by atomic mass is 16.2. The van der Waals surface area contributed by atoms with Crippen LogP contribution in [0, 0.1) is 23.7 Å². The highest BCUT2D eigenvalue weighted by Crippen LogP contribution is 2.49. The first-order valence-corrected chi connectivity index (χ1v) is 8.91. The van der Waals surface area contributed by atoms with E-state index < -0.39 is 11.8 Å². The minimum atomic E-state index is -0.816. The Morgan fingerprint density at radius 1 is 1.00 bits per heavy atom. The van der Waals surface area contributed by atoms with Gasteiger partial charge in [-0.3, -0.25) is 19.7 Å². The van der Waals surface area contributed by atoms with E-state index >= 15 is 0 Å². The molecule has 0 aromatic heterocycles. The molecule has 3 N–H and O–H groups in total. The number of rotatable bonds is 3. The molecule has 1 aliphatic heterocycles. The summed E-state index contributed by atoms with van der Waals surface area (Å²) in [5.74, 6) is -0.0127. The van der Waals surface area contributed by atoms with Gasteiger partial charge in [0.1, 0.15) is 0 Å². The fraction of sp³-hybridized carbons (Fsp3) is 0.824. The molecule has 3 amide bonds. The van der Waals surface area contributed by atoms with Crippen molar-refractivity contribution in [1.29, 1.82) is 0 Å². The van der Waals surface area contributed by atoms with E-state index in [1.165, 1.54) is 19.3 Å². The number of fused-ring (bicyclic) bond motifs is 2. The van der Waals surface area contributed by atoms with Gasteiger partial charge in [0.15, 0.2) is 0 Å². The maximum atomic E-state index is 12.0. The summed E-state index contributed by atoms with van der Waals surface area (Å²) < 4.78 is 0. The van der Waals surface area contributed by atoms with Gasteiger partial charge in [0, 0.05) is 12.0 Å². The smallest absolute Gasteiger partial charge is 0.315 e. The van der Waals surface area contributed by atoms with E-state index in [-0.39, 0.29) is 17.9 Å². The number of carbonyl (C=O) groups is 3. The highest BCUT2D eigenvalue weighted by molar-refractivity contribution is 6.37. The molecule has 128 valence electrons. The lowest BCUT2D eigenvalue weighted by atomic mass is 9.84. The molecule has 0 spiro atoms. The maximum absolute atomic E-state index is 12.0. The highest BCUT2D eigenvalue weighted by Gasteiger charge is 2.42. The molecule has 4 atom stereocenters. The van der Waals surface area contributed by atoms with Crippen molar-refractivity contribution in [2.24, 2.45) is 23.7 Å². The van der Waals surface area contributed by atoms with Crippen molar-refractivity contribution in [3.8, 4) is 0 Å². The molecular weight excluding hydrogens is 294 g/mol. The molecular formula is C17H27N3O3. The molecule has 2 bridgehead atoms. The second kappa shape index (κ2) is 6.99. The van der Waals surface area contributed by atoms with Crippen LogP contribution in [0.2, 0.25) is 0 Å². The minimum absolute atomic E-state index is 0.00228. The number of hydrogen-bond donors (Lipinski definition) is 3. The number of imide groups is 1. The van der Waals surface area contributed by atoms with Gasteiger partial charge in [-0.05, 0) is 69.9 Å². The lowest BCUT2D eigenvalue weighted by molar-refractivity contribution is -0.143. The molecule has 6 heteroatoms. The predicted octanol–water partition coefficient (Wildman–Crippen LogP) is 0.570. The van der Waals surface area contributed by atoms with Crippen LogP contribution in [0.15, 0.2) is 0 Å². The normalized spacial score (nSPS) is 31.6. The summed E-state index contributed by atoms with van der Waals surface area (Å²) in [6, 6.07) is -0.00228. The fourth-order valence-electron chi connectivity index (χ4n) is 4.64. The van der Waals surface area contributed by atoms with Gasteiger partial charge in [-0.25, -0.2) is 0 Å². The van der Waals surface area contributed by atoms with E-state index in [4.69, 9.17) is 0 Å². The average molecular weight is 321 g/mol. The van der Waals surface area contributed by atoms with Crippen LogP contribution in [0.4, 0.5) is 0 Å². The van der Waals surface area contributed by atoms with Crippen molar-refractivity contribution in [2.45, 2.75) is 51.5 Å². The summed E-state index contributed by atoms with van der Waals surface area (Å²) in [6.45, 7) is 3.53. The molecule has 1 heterocycles. The molecule has 3 fully saturated rings. The number of amides is 3. The van der Waals surface area contributed by atoms with Crippen LogP contribution >= 0.6 is 0 Å². The number of piperidine rings is 1. The van der Waals surface area contributed by atoms with Crippen LogP contribution in [0.25, 0.3) is 0 Å². The minimum Gasteiger partial charge on any atom is -0.345 e. The van der Waals surface area contributed by atoms with Gasteiger partial charge in [0.2, 0.25) is 5.91 Å². The third-order valence-corrected chi connectivity index (χ3v) is 5.95. The summed E-state index contributed by atoms with van der Waals surface area (Å²) in [4.78, 5) is 36.0. The van der Waals surface area contributed by atoms with Crippen LogP contribution in [0.5, 0.6) is 0 Å². The fourth-order valence-corrected chi connectivity index (χ4v) is 4.64. The quantitative estimate of drug-likeness (QED) is 0.663. The summed E-state index contributed by atoms with van der Waals surface area (Å²) >= 11 is 0. The zero-order valence-corrected chi connectivity index (χ0v) is 13.8. The number of nitrogens with one attached hydrogen (secondary N) is 3. The first-order chi connectivity index (χ1) is 11.0. The lowest BCUT2D eigenvalue weighted by Gasteiger charge is -2.28. The topological polar surface area (TPSA) is 87.3 Å². The Balaban J connectivity index is 1.45. The summed E-state index contributed by atoms with van der Waals surface area (Å²) in [5.41, 5.74) is 0. The van der Waals surface area contributed by atoms with E-state index in [1.54, 1.807) is 0 Å². The van der Waals surface area contributed by atoms with E-state index in [0.717, 1.165) is 25.4 Å². The second-order valence-corrected chi connectivity index (χ2v) is 7.44. The molecule has 0 radical (unpaired) electrons. The molecule has 6 nitrogen and oxygen atoms in total. The Morgan fingerprint density at radius 3 is 2.35 bits per heavy atom. The molecule has 3 aliphatic rings. The Bertz CT molecular complexity index is 487. The van der Waals surface area contributed by atoms with Gasteiger partial charge < -0.3 is 10.6 Å². The summed E-state index contributed by atoms with van der Waals surface area (Å²) in [5, 5.41) is 8.23. The monoisotopic (exact) mass is 321 g/mol. The molecule has 23 heavy (non-hydrogen) atoms. The van der Waals surface area contributed by atoms with Crippen molar-refractivity contribution in [3.63, 3.8) is 0 Å². The zero-order chi connectivity index (χ0) is 16.4. The standard InChI is InChI=1S/C17H27N3O3/c1-10(14-9-11-2-3-13(14)8-11)19-16(22)17(23)20-15(21)12-4-6-18-7-5-12/h10-14,18H,2-9H2,1H3,(H,19,22)(H,20,21,23). The van der Waals surface area contributed by atoms with Gasteiger partial charge in [0.05, 0.1) is 0 Å². The van der Waals surface area contributed by atoms with Gasteiger partial charge >= 0.3 is 11.8 Å². The number of hydrogen-bond acceptors (Lipinski definition) is 4. The largest absolute Gasteiger partial charge is 0.345 e. The SMILES string of the molecule is CC(NC(=O)C(=O)NC(=O)C1CCNCC1)C1CC2CCC1C2. The third-order valence-electron chi connectivity index (χ3n) is 5.95. The van der Waals surface area contributed by atoms with Gasteiger partial charge in [-0.1, -0.05) is 6.42 Å². The Labute approximate surface area is 137 Å². The van der Waals surface area contributed by atoms with Crippen molar-refractivity contribution < 1.29 is 14.4 Å². The molecule has 3 rings (SSSR count). The molecule has 2 saturated carbocycles. The molecule has 0 aromatic rings. The average Bonchev–Trinajstić information content (AvgIpc) is 3.18. The lowest BCUT2D eigenvalue weighted by Crippen LogP contribution is -2.50. The maximum Gasteiger partial charge on any atom is 0.315 e. The Kier molecular flexibility index (Phi) is 4.99. The zero-order valence-electron chi connectivity index (χ0n) is 13.8. The summed E-state index contributed by atoms with van der Waals surface area (Å²) in [6.07, 6.45) is 6.40. The van der Waals surface area contributed by atoms with E-state index in [9.17, 15) is 14.4 Å². The van der Waals surface area contributed by atoms with Crippen LogP contribution in [-0.2, 0) is 14.4 Å². The van der Waals surface area contributed by atoms with Crippen LogP contribution in [0.1, 0.15) is 45.4 Å². The molecule has 1 saturated heterocycles. The Morgan fingerprint density at radius 2 is 1.74 bits per heavy atom. The molecule has 0 aromatic carbocycles. The van der Waals surface area contributed by atoms with Crippen molar-refractivity contribution >= 4 is 17.7 Å². The first kappa shape index (κ1) is 16.4. The van der Waals surface area contributed by atoms with Crippen molar-refractivity contribution in [1.82, 2.24) is 16.0 Å². The van der Waals surface area contributed by atoms with Gasteiger partial charge in [0.25, 0.3) is 0 Å². The first-order valence-electron chi connectivity index (χ1n) is 8.91. The van der Waals surface area contributed by atoms with E-state index in [2.05, 4.69) is 16.0 Å². The van der Waals surface area contributed by atoms with E-state index in [0.29, 0.717) is 24.7 Å². The van der Waals surface area contributed by atoms with Crippen LogP contribution < -0.4 is 16.0 Å². The van der Waals surface area contributed by atoms with Gasteiger partial charge in [-0.15, -0.1) is 0 Å². The summed E-state index contributed by atoms with van der Waals surface area (Å²) in [7, 11) is 0. The van der Waals surface area contributed by atoms with Crippen molar-refractivity contribution in [2.75, 3.05) is 13.1 Å². The Hall–Kier alpha value is -1.43. The van der Waals surface area contributed by atoms with Crippen LogP contribution in [-0.4, -0.2) is 36.9 Å². The van der Waals surface area contributed by atoms with Crippen LogP contribution in [0.3, 0.4) is 0 Å². The van der Waals surface area contributed by atoms with Gasteiger partial charge in [-0.2, -0.15) is 0 Å². The third kappa shape index (κ3) is 3.74. The number of carbonyl (C=O) groups excluding carboxylic acids is 3. The second-order valence-electron chi connectivity index (χ2n) is 7.44. The molecule has 4 unspecified atom stereocenters. The van der Waals surface area contributed by atoms with Crippen molar-refractivity contribution in [3.05, 3.63) is 0 Å².